The van der Waals surface area contributed by atoms with Crippen molar-refractivity contribution in [1.82, 2.24) is 25.1 Å². The van der Waals surface area contributed by atoms with Gasteiger partial charge in [0.2, 0.25) is 5.91 Å². The van der Waals surface area contributed by atoms with Crippen molar-refractivity contribution >= 4 is 17.9 Å². The molecule has 9 nitrogen and oxygen atoms in total. The lowest BCUT2D eigenvalue weighted by Gasteiger charge is -2.31. The summed E-state index contributed by atoms with van der Waals surface area (Å²) in [6.45, 7) is 8.61. The molecule has 9 heteroatoms. The smallest absolute Gasteiger partial charge is 0.410 e. The Hall–Kier alpha value is -3.36. The van der Waals surface area contributed by atoms with Gasteiger partial charge in [0.05, 0.1) is 12.2 Å². The highest BCUT2D eigenvalue weighted by atomic mass is 16.6. The zero-order valence-corrected chi connectivity index (χ0v) is 20.7. The number of hydrogen-bond donors (Lipinski definition) is 2. The van der Waals surface area contributed by atoms with E-state index < -0.39 is 23.6 Å². The predicted molar refractivity (Wildman–Crippen MR) is 129 cm³/mol. The molecule has 184 valence electrons. The quantitative estimate of drug-likeness (QED) is 0.647. The third-order valence-corrected chi connectivity index (χ3v) is 5.62. The molecule has 3 amide bonds. The Labute approximate surface area is 200 Å². The van der Waals surface area contributed by atoms with Crippen LogP contribution in [0.2, 0.25) is 0 Å². The third-order valence-electron chi connectivity index (χ3n) is 5.62. The van der Waals surface area contributed by atoms with Crippen molar-refractivity contribution in [3.8, 4) is 11.4 Å². The van der Waals surface area contributed by atoms with Crippen LogP contribution >= 0.6 is 0 Å². The first-order chi connectivity index (χ1) is 16.1. The minimum absolute atomic E-state index is 0.192. The number of ether oxygens (including phenoxy) is 1. The van der Waals surface area contributed by atoms with Crippen LogP contribution in [0.5, 0.6) is 0 Å². The van der Waals surface area contributed by atoms with Gasteiger partial charge in [0.1, 0.15) is 17.5 Å². The fourth-order valence-electron chi connectivity index (χ4n) is 3.92. The van der Waals surface area contributed by atoms with Crippen LogP contribution in [0, 0.1) is 0 Å². The Morgan fingerprint density at radius 3 is 2.47 bits per heavy atom. The molecule has 2 heterocycles. The molecule has 1 aromatic heterocycles. The van der Waals surface area contributed by atoms with Gasteiger partial charge in [-0.25, -0.2) is 9.78 Å². The zero-order valence-electron chi connectivity index (χ0n) is 20.7. The molecule has 0 aliphatic carbocycles. The number of hydrogen-bond acceptors (Lipinski definition) is 5. The van der Waals surface area contributed by atoms with E-state index in [-0.39, 0.29) is 18.1 Å². The van der Waals surface area contributed by atoms with Crippen LogP contribution in [0.1, 0.15) is 63.1 Å². The second kappa shape index (κ2) is 10.7. The van der Waals surface area contributed by atoms with Crippen LogP contribution in [-0.2, 0) is 22.6 Å². The lowest BCUT2D eigenvalue weighted by Crippen LogP contribution is -2.46. The lowest BCUT2D eigenvalue weighted by molar-refractivity contribution is -0.122. The second-order valence-electron chi connectivity index (χ2n) is 9.43. The van der Waals surface area contributed by atoms with Gasteiger partial charge in [-0.3, -0.25) is 9.59 Å². The van der Waals surface area contributed by atoms with E-state index in [1.54, 1.807) is 11.9 Å². The second-order valence-corrected chi connectivity index (χ2v) is 9.43. The van der Waals surface area contributed by atoms with E-state index in [1.165, 1.54) is 0 Å². The molecule has 2 N–H and O–H groups in total. The first-order valence-electron chi connectivity index (χ1n) is 11.8. The van der Waals surface area contributed by atoms with Gasteiger partial charge in [0.15, 0.2) is 5.69 Å². The van der Waals surface area contributed by atoms with Crippen molar-refractivity contribution in [1.29, 1.82) is 0 Å². The molecule has 0 radical (unpaired) electrons. The average molecular weight is 470 g/mol. The maximum absolute atomic E-state index is 13.4. The van der Waals surface area contributed by atoms with Crippen LogP contribution in [0.4, 0.5) is 4.79 Å². The number of aromatic nitrogens is 2. The first kappa shape index (κ1) is 25.3. The van der Waals surface area contributed by atoms with Crippen LogP contribution < -0.4 is 10.6 Å². The molecule has 0 fully saturated rings. The van der Waals surface area contributed by atoms with Crippen molar-refractivity contribution in [3.05, 3.63) is 41.7 Å². The fourth-order valence-corrected chi connectivity index (χ4v) is 3.92. The van der Waals surface area contributed by atoms with Crippen molar-refractivity contribution < 1.29 is 19.1 Å². The Kier molecular flexibility index (Phi) is 7.96. The van der Waals surface area contributed by atoms with E-state index in [0.29, 0.717) is 31.0 Å². The van der Waals surface area contributed by atoms with Gasteiger partial charge in [0.25, 0.3) is 5.91 Å². The highest BCUT2D eigenvalue weighted by Crippen LogP contribution is 2.27. The summed E-state index contributed by atoms with van der Waals surface area (Å²) in [4.78, 5) is 44.7. The largest absolute Gasteiger partial charge is 0.444 e. The SMILES string of the molecule is CCCCC(NC(=O)c1nc(-c2ccccc2)n2c1CN(C(=O)OC(C)(C)C)CC2)C(=O)NC. The standard InChI is InChI=1S/C25H35N5O4/c1-6-7-13-18(22(31)26-5)27-23(32)20-19-16-29(24(33)34-25(2,3)4)14-15-30(19)21(28-20)17-11-9-8-10-12-17/h8-12,18H,6-7,13-16H2,1-5H3,(H,26,31)(H,27,32). The zero-order chi connectivity index (χ0) is 24.9. The van der Waals surface area contributed by atoms with E-state index in [9.17, 15) is 14.4 Å². The molecule has 1 aromatic carbocycles. The van der Waals surface area contributed by atoms with Gasteiger partial charge >= 0.3 is 6.09 Å². The summed E-state index contributed by atoms with van der Waals surface area (Å²) < 4.78 is 7.52. The molecule has 0 spiro atoms. The van der Waals surface area contributed by atoms with Gasteiger partial charge < -0.3 is 24.8 Å². The summed E-state index contributed by atoms with van der Waals surface area (Å²) in [6.07, 6.45) is 1.82. The van der Waals surface area contributed by atoms with Gasteiger partial charge in [-0.1, -0.05) is 50.1 Å². The van der Waals surface area contributed by atoms with Gasteiger partial charge in [-0.05, 0) is 27.2 Å². The van der Waals surface area contributed by atoms with Crippen LogP contribution in [0.25, 0.3) is 11.4 Å². The molecule has 1 aliphatic heterocycles. The van der Waals surface area contributed by atoms with Crippen molar-refractivity contribution in [2.24, 2.45) is 0 Å². The van der Waals surface area contributed by atoms with Crippen LogP contribution in [0.15, 0.2) is 30.3 Å². The number of benzene rings is 1. The Morgan fingerprint density at radius 2 is 1.85 bits per heavy atom. The lowest BCUT2D eigenvalue weighted by atomic mass is 10.1. The molecular weight excluding hydrogens is 434 g/mol. The van der Waals surface area contributed by atoms with Gasteiger partial charge in [-0.15, -0.1) is 0 Å². The average Bonchev–Trinajstić information content (AvgIpc) is 3.19. The van der Waals surface area contributed by atoms with E-state index in [4.69, 9.17) is 4.74 Å². The number of nitrogens with one attached hydrogen (secondary N) is 2. The van der Waals surface area contributed by atoms with Crippen molar-refractivity contribution in [3.63, 3.8) is 0 Å². The number of unbranched alkanes of at least 4 members (excludes halogenated alkanes) is 1. The van der Waals surface area contributed by atoms with Crippen molar-refractivity contribution in [2.75, 3.05) is 13.6 Å². The molecule has 1 aliphatic rings. The highest BCUT2D eigenvalue weighted by Gasteiger charge is 2.33. The van der Waals surface area contributed by atoms with E-state index in [0.717, 1.165) is 18.4 Å². The summed E-state index contributed by atoms with van der Waals surface area (Å²) in [5, 5.41) is 5.47. The summed E-state index contributed by atoms with van der Waals surface area (Å²) in [6, 6.07) is 8.97. The monoisotopic (exact) mass is 469 g/mol. The van der Waals surface area contributed by atoms with E-state index in [1.807, 2.05) is 62.6 Å². The molecular formula is C25H35N5O4. The van der Waals surface area contributed by atoms with E-state index >= 15 is 0 Å². The summed E-state index contributed by atoms with van der Waals surface area (Å²) >= 11 is 0. The summed E-state index contributed by atoms with van der Waals surface area (Å²) in [5.41, 5.74) is 1.10. The number of carbonyl (C=O) groups excluding carboxylic acids is 3. The molecule has 0 saturated carbocycles. The molecule has 0 saturated heterocycles. The number of imidazole rings is 1. The topological polar surface area (TPSA) is 106 Å². The number of rotatable bonds is 7. The first-order valence-corrected chi connectivity index (χ1v) is 11.8. The number of likely N-dealkylation sites (N-methyl/N-ethyl adjacent to an activating group) is 1. The van der Waals surface area contributed by atoms with Crippen LogP contribution in [0.3, 0.4) is 0 Å². The Balaban J connectivity index is 1.95. The summed E-state index contributed by atoms with van der Waals surface area (Å²) in [7, 11) is 1.55. The number of fused-ring (bicyclic) bond motifs is 1. The number of carbonyl (C=O) groups is 3. The Morgan fingerprint density at radius 1 is 1.15 bits per heavy atom. The Bertz CT molecular complexity index is 1030. The van der Waals surface area contributed by atoms with Gasteiger partial charge in [0, 0.05) is 25.7 Å². The predicted octanol–water partition coefficient (Wildman–Crippen LogP) is 3.34. The molecule has 1 unspecified atom stereocenters. The summed E-state index contributed by atoms with van der Waals surface area (Å²) in [5.74, 6) is -0.00939. The molecule has 2 aromatic rings. The minimum atomic E-state index is -0.652. The molecule has 1 atom stereocenters. The maximum atomic E-state index is 13.4. The normalized spacial score (nSPS) is 14.2. The number of nitrogens with zero attached hydrogens (tertiary/aromatic N) is 3. The number of amides is 3. The van der Waals surface area contributed by atoms with Crippen molar-refractivity contribution in [2.45, 2.75) is 71.7 Å². The van der Waals surface area contributed by atoms with Crippen LogP contribution in [-0.4, -0.2) is 57.6 Å². The molecule has 34 heavy (non-hydrogen) atoms. The highest BCUT2D eigenvalue weighted by molar-refractivity contribution is 5.97. The maximum Gasteiger partial charge on any atom is 0.410 e. The molecule has 3 rings (SSSR count). The van der Waals surface area contributed by atoms with E-state index in [2.05, 4.69) is 15.6 Å². The van der Waals surface area contributed by atoms with Gasteiger partial charge in [-0.2, -0.15) is 0 Å². The fraction of sp³-hybridized carbons (Fsp3) is 0.520. The third kappa shape index (κ3) is 5.95. The molecule has 0 bridgehead atoms. The minimum Gasteiger partial charge on any atom is -0.444 e.